The Hall–Kier alpha value is -2.63. The standard InChI is InChI=1S/C15H15N3O3/c1-21-14(19)10-7-9-3-2-6-16-13(9)12(8-10)18-15(20)17-11-4-5-11/h2-3,6-8,11H,4-5H2,1H3,(H2,17,18,20). The molecule has 1 aromatic carbocycles. The summed E-state index contributed by atoms with van der Waals surface area (Å²) in [6.07, 6.45) is 3.66. The van der Waals surface area contributed by atoms with Crippen LogP contribution in [0.4, 0.5) is 10.5 Å². The van der Waals surface area contributed by atoms with Crippen molar-refractivity contribution in [1.29, 1.82) is 0 Å². The van der Waals surface area contributed by atoms with Gasteiger partial charge < -0.3 is 15.4 Å². The number of benzene rings is 1. The zero-order chi connectivity index (χ0) is 14.8. The van der Waals surface area contributed by atoms with Gasteiger partial charge in [-0.2, -0.15) is 0 Å². The van der Waals surface area contributed by atoms with Gasteiger partial charge in [0.05, 0.1) is 23.9 Å². The molecule has 6 nitrogen and oxygen atoms in total. The maximum atomic E-state index is 11.9. The van der Waals surface area contributed by atoms with Crippen molar-refractivity contribution in [3.8, 4) is 0 Å². The van der Waals surface area contributed by atoms with E-state index in [0.717, 1.165) is 18.2 Å². The Morgan fingerprint density at radius 2 is 2.14 bits per heavy atom. The number of aromatic nitrogens is 1. The highest BCUT2D eigenvalue weighted by Gasteiger charge is 2.23. The van der Waals surface area contributed by atoms with Crippen LogP contribution in [0.1, 0.15) is 23.2 Å². The summed E-state index contributed by atoms with van der Waals surface area (Å²) in [7, 11) is 1.32. The van der Waals surface area contributed by atoms with Crippen LogP contribution in [0.15, 0.2) is 30.5 Å². The summed E-state index contributed by atoms with van der Waals surface area (Å²) in [5, 5.41) is 6.36. The average molecular weight is 285 g/mol. The molecule has 0 aliphatic heterocycles. The molecule has 1 heterocycles. The lowest BCUT2D eigenvalue weighted by Gasteiger charge is -2.11. The molecule has 2 N–H and O–H groups in total. The van der Waals surface area contributed by atoms with E-state index >= 15 is 0 Å². The van der Waals surface area contributed by atoms with E-state index in [1.165, 1.54) is 7.11 Å². The molecule has 1 fully saturated rings. The Labute approximate surface area is 121 Å². The molecule has 0 radical (unpaired) electrons. The van der Waals surface area contributed by atoms with Crippen molar-refractivity contribution in [1.82, 2.24) is 10.3 Å². The molecule has 2 amide bonds. The Morgan fingerprint density at radius 3 is 2.86 bits per heavy atom. The van der Waals surface area contributed by atoms with Crippen molar-refractivity contribution in [2.75, 3.05) is 12.4 Å². The first kappa shape index (κ1) is 13.4. The number of fused-ring (bicyclic) bond motifs is 1. The zero-order valence-electron chi connectivity index (χ0n) is 11.6. The number of hydrogen-bond donors (Lipinski definition) is 2. The van der Waals surface area contributed by atoms with Crippen LogP contribution in [-0.4, -0.2) is 30.1 Å². The summed E-state index contributed by atoms with van der Waals surface area (Å²) in [6.45, 7) is 0. The van der Waals surface area contributed by atoms with Gasteiger partial charge in [0.2, 0.25) is 0 Å². The number of ether oxygens (including phenoxy) is 1. The van der Waals surface area contributed by atoms with Gasteiger partial charge in [0.25, 0.3) is 0 Å². The summed E-state index contributed by atoms with van der Waals surface area (Å²) in [5.41, 5.74) is 1.50. The number of amides is 2. The molecule has 0 bridgehead atoms. The molecule has 0 unspecified atom stereocenters. The monoisotopic (exact) mass is 285 g/mol. The normalized spacial score (nSPS) is 13.8. The third-order valence-corrected chi connectivity index (χ3v) is 3.29. The van der Waals surface area contributed by atoms with Crippen molar-refractivity contribution >= 4 is 28.6 Å². The van der Waals surface area contributed by atoms with Gasteiger partial charge in [0.1, 0.15) is 0 Å². The Bertz CT molecular complexity index is 710. The predicted octanol–water partition coefficient (Wildman–Crippen LogP) is 2.31. The van der Waals surface area contributed by atoms with Crippen LogP contribution < -0.4 is 10.6 Å². The van der Waals surface area contributed by atoms with E-state index in [9.17, 15) is 9.59 Å². The van der Waals surface area contributed by atoms with Crippen LogP contribution in [0.3, 0.4) is 0 Å². The van der Waals surface area contributed by atoms with E-state index in [-0.39, 0.29) is 12.1 Å². The second kappa shape index (κ2) is 5.40. The fourth-order valence-corrected chi connectivity index (χ4v) is 2.09. The molecule has 1 aliphatic rings. The van der Waals surface area contributed by atoms with E-state index in [1.807, 2.05) is 6.07 Å². The third kappa shape index (κ3) is 2.94. The van der Waals surface area contributed by atoms with Crippen molar-refractivity contribution < 1.29 is 14.3 Å². The molecule has 0 saturated heterocycles. The van der Waals surface area contributed by atoms with Crippen molar-refractivity contribution in [2.24, 2.45) is 0 Å². The summed E-state index contributed by atoms with van der Waals surface area (Å²) in [5.74, 6) is -0.452. The number of carbonyl (C=O) groups is 2. The summed E-state index contributed by atoms with van der Waals surface area (Å²) in [6, 6.07) is 6.85. The second-order valence-corrected chi connectivity index (χ2v) is 4.96. The van der Waals surface area contributed by atoms with E-state index in [1.54, 1.807) is 24.4 Å². The minimum absolute atomic E-state index is 0.257. The zero-order valence-corrected chi connectivity index (χ0v) is 11.6. The van der Waals surface area contributed by atoms with Crippen LogP contribution in [0.5, 0.6) is 0 Å². The first-order chi connectivity index (χ1) is 10.2. The number of rotatable bonds is 3. The third-order valence-electron chi connectivity index (χ3n) is 3.29. The van der Waals surface area contributed by atoms with Crippen molar-refractivity contribution in [3.05, 3.63) is 36.0 Å². The summed E-state index contributed by atoms with van der Waals surface area (Å²) >= 11 is 0. The largest absolute Gasteiger partial charge is 0.465 e. The molecule has 21 heavy (non-hydrogen) atoms. The van der Waals surface area contributed by atoms with E-state index < -0.39 is 5.97 Å². The fourth-order valence-electron chi connectivity index (χ4n) is 2.09. The minimum Gasteiger partial charge on any atom is -0.465 e. The first-order valence-corrected chi connectivity index (χ1v) is 6.72. The molecular weight excluding hydrogens is 270 g/mol. The van der Waals surface area contributed by atoms with Gasteiger partial charge in [-0.3, -0.25) is 4.98 Å². The molecule has 1 aromatic heterocycles. The number of nitrogens with one attached hydrogen (secondary N) is 2. The maximum absolute atomic E-state index is 11.9. The average Bonchev–Trinajstić information content (AvgIpc) is 3.30. The van der Waals surface area contributed by atoms with Gasteiger partial charge >= 0.3 is 12.0 Å². The Kier molecular flexibility index (Phi) is 3.43. The molecule has 1 saturated carbocycles. The number of methoxy groups -OCH3 is 1. The number of nitrogens with zero attached hydrogens (tertiary/aromatic N) is 1. The molecule has 1 aliphatic carbocycles. The second-order valence-electron chi connectivity index (χ2n) is 4.96. The first-order valence-electron chi connectivity index (χ1n) is 6.72. The van der Waals surface area contributed by atoms with Gasteiger partial charge in [-0.15, -0.1) is 0 Å². The highest BCUT2D eigenvalue weighted by atomic mass is 16.5. The quantitative estimate of drug-likeness (QED) is 0.848. The number of esters is 1. The maximum Gasteiger partial charge on any atom is 0.337 e. The topological polar surface area (TPSA) is 80.3 Å². The minimum atomic E-state index is -0.452. The Balaban J connectivity index is 1.97. The number of anilines is 1. The molecular formula is C15H15N3O3. The van der Waals surface area contributed by atoms with Crippen LogP contribution >= 0.6 is 0 Å². The number of pyridine rings is 1. The van der Waals surface area contributed by atoms with Gasteiger partial charge in [0, 0.05) is 17.6 Å². The van der Waals surface area contributed by atoms with Crippen molar-refractivity contribution in [3.63, 3.8) is 0 Å². The lowest BCUT2D eigenvalue weighted by molar-refractivity contribution is 0.0601. The van der Waals surface area contributed by atoms with Crippen LogP contribution in [0.25, 0.3) is 10.9 Å². The van der Waals surface area contributed by atoms with E-state index in [0.29, 0.717) is 16.8 Å². The number of carbonyl (C=O) groups excluding carboxylic acids is 2. The molecule has 2 aromatic rings. The van der Waals surface area contributed by atoms with E-state index in [2.05, 4.69) is 15.6 Å². The molecule has 0 spiro atoms. The summed E-state index contributed by atoms with van der Waals surface area (Å²) in [4.78, 5) is 27.9. The molecule has 3 rings (SSSR count). The van der Waals surface area contributed by atoms with Gasteiger partial charge in [-0.05, 0) is 31.0 Å². The highest BCUT2D eigenvalue weighted by molar-refractivity contribution is 6.04. The molecule has 108 valence electrons. The number of hydrogen-bond acceptors (Lipinski definition) is 4. The number of urea groups is 1. The smallest absolute Gasteiger partial charge is 0.337 e. The van der Waals surface area contributed by atoms with E-state index in [4.69, 9.17) is 4.74 Å². The van der Waals surface area contributed by atoms with Gasteiger partial charge in [0.15, 0.2) is 0 Å². The lowest BCUT2D eigenvalue weighted by atomic mass is 10.1. The molecule has 6 heteroatoms. The molecule has 0 atom stereocenters. The van der Waals surface area contributed by atoms with Crippen LogP contribution in [0, 0.1) is 0 Å². The lowest BCUT2D eigenvalue weighted by Crippen LogP contribution is -2.30. The SMILES string of the molecule is COC(=O)c1cc(NC(=O)NC2CC2)c2ncccc2c1. The fraction of sp³-hybridized carbons (Fsp3) is 0.267. The van der Waals surface area contributed by atoms with Crippen LogP contribution in [0.2, 0.25) is 0 Å². The summed E-state index contributed by atoms with van der Waals surface area (Å²) < 4.78 is 4.73. The van der Waals surface area contributed by atoms with Crippen molar-refractivity contribution in [2.45, 2.75) is 18.9 Å². The van der Waals surface area contributed by atoms with Gasteiger partial charge in [-0.25, -0.2) is 9.59 Å². The van der Waals surface area contributed by atoms with Gasteiger partial charge in [-0.1, -0.05) is 6.07 Å². The van der Waals surface area contributed by atoms with Crippen LogP contribution in [-0.2, 0) is 4.74 Å². The predicted molar refractivity (Wildman–Crippen MR) is 78.3 cm³/mol. The Morgan fingerprint density at radius 1 is 1.33 bits per heavy atom. The highest BCUT2D eigenvalue weighted by Crippen LogP contribution is 2.25.